The second-order valence-electron chi connectivity index (χ2n) is 14.9. The zero-order valence-corrected chi connectivity index (χ0v) is 26.1. The van der Waals surface area contributed by atoms with E-state index in [1.165, 1.54) is 5.57 Å². The van der Waals surface area contributed by atoms with Gasteiger partial charge in [0, 0.05) is 17.3 Å². The largest absolute Gasteiger partial charge is 2.00 e. The van der Waals surface area contributed by atoms with E-state index >= 15 is 0 Å². The summed E-state index contributed by atoms with van der Waals surface area (Å²) in [7, 11) is 0. The molecule has 5 heteroatoms. The number of carbonyl (C=O) groups is 2. The summed E-state index contributed by atoms with van der Waals surface area (Å²) in [5.74, 6) is -0.393. The van der Waals surface area contributed by atoms with Crippen LogP contribution in [0.25, 0.3) is 0 Å². The zero-order valence-electron chi connectivity index (χ0n) is 23.1. The molecule has 2 unspecified atom stereocenters. The first-order valence-corrected chi connectivity index (χ1v) is 13.7. The van der Waals surface area contributed by atoms with Gasteiger partial charge in [0.2, 0.25) is 0 Å². The molecule has 0 aromatic heterocycles. The van der Waals surface area contributed by atoms with E-state index in [1.54, 1.807) is 0 Å². The summed E-state index contributed by atoms with van der Waals surface area (Å²) in [5.41, 5.74) is -0.293. The van der Waals surface area contributed by atoms with E-state index in [-0.39, 0.29) is 70.1 Å². The van der Waals surface area contributed by atoms with Gasteiger partial charge in [-0.1, -0.05) is 60.5 Å². The van der Waals surface area contributed by atoms with E-state index in [4.69, 9.17) is 0 Å². The predicted molar refractivity (Wildman–Crippen MR) is 128 cm³/mol. The van der Waals surface area contributed by atoms with Crippen molar-refractivity contribution < 1.29 is 39.3 Å². The summed E-state index contributed by atoms with van der Waals surface area (Å²) < 4.78 is 0. The normalized spacial score (nSPS) is 52.6. The molecule has 4 nitrogen and oxygen atoms in total. The summed E-state index contributed by atoms with van der Waals surface area (Å²) in [6.45, 7) is 15.5. The average Bonchev–Trinajstić information content (AvgIpc) is 2.73. The number of hydrogen-bond donors (Lipinski definition) is 0. The Morgan fingerprint density at radius 1 is 0.914 bits per heavy atom. The maximum absolute atomic E-state index is 14.2. The molecule has 0 amide bonds. The summed E-state index contributed by atoms with van der Waals surface area (Å²) >= 11 is 0. The molecule has 0 heterocycles. The number of carbonyl (C=O) groups excluding carboxylic acids is 2. The van der Waals surface area contributed by atoms with Crippen molar-refractivity contribution in [2.24, 2.45) is 50.2 Å². The molecule has 0 N–H and O–H groups in total. The fraction of sp³-hybridized carbons (Fsp3) is 0.867. The molecule has 9 atom stereocenters. The van der Waals surface area contributed by atoms with Crippen LogP contribution in [0.1, 0.15) is 106 Å². The van der Waals surface area contributed by atoms with Crippen LogP contribution < -0.4 is 10.2 Å². The maximum atomic E-state index is 14.2. The van der Waals surface area contributed by atoms with Gasteiger partial charge in [0.15, 0.2) is 5.78 Å². The van der Waals surface area contributed by atoms with E-state index in [1.807, 2.05) is 13.0 Å². The molecule has 0 aromatic carbocycles. The first kappa shape index (κ1) is 27.5. The molecule has 0 radical (unpaired) electrons. The van der Waals surface area contributed by atoms with Gasteiger partial charge in [-0.15, -0.1) is 6.10 Å². The molecule has 190 valence electrons. The van der Waals surface area contributed by atoms with Crippen LogP contribution in [0.5, 0.6) is 0 Å². The molecule has 0 saturated heterocycles. The Morgan fingerprint density at radius 3 is 2.17 bits per heavy atom. The van der Waals surface area contributed by atoms with Crippen molar-refractivity contribution in [2.45, 2.75) is 112 Å². The minimum atomic E-state index is -0.946. The molecule has 0 spiro atoms. The Balaban J connectivity index is 0.00000289. The van der Waals surface area contributed by atoms with Crippen molar-refractivity contribution >= 4 is 11.8 Å². The Morgan fingerprint density at radius 2 is 1.54 bits per heavy atom. The average molecular weight is 534 g/mol. The molecule has 0 bridgehead atoms. The van der Waals surface area contributed by atoms with E-state index in [0.717, 1.165) is 38.5 Å². The second-order valence-corrected chi connectivity index (χ2v) is 14.9. The van der Waals surface area contributed by atoms with Crippen molar-refractivity contribution in [3.05, 3.63) is 11.6 Å². The smallest absolute Gasteiger partial charge is 0.852 e. The van der Waals surface area contributed by atoms with Gasteiger partial charge in [-0.25, -0.2) is 0 Å². The number of fused-ring (bicyclic) bond motifs is 7. The molecule has 4 fully saturated rings. The van der Waals surface area contributed by atoms with Gasteiger partial charge in [-0.05, 0) is 96.4 Å². The third kappa shape index (κ3) is 3.35. The van der Waals surface area contributed by atoms with Crippen LogP contribution in [0.3, 0.4) is 0 Å². The van der Waals surface area contributed by atoms with E-state index in [9.17, 15) is 19.8 Å². The topological polar surface area (TPSA) is 80.3 Å². The standard InChI is InChI=1S/C30H45O4.Zn/c1-25(2)21-8-11-30(7)23(28(21,5)10-9-22(25)32)20(31)16-18-19-17-27(4,24(33)34)13-12-26(19,3)14-15-29(18,30)6;/h16,19,21-23H,8-15,17H2,1-7H3,(H,33,34);/q-1;+2/p-1/t19-,21?,22-,23?,26+,27-,28-,29+,30+;/m0./s1. The quantitative estimate of drug-likeness (QED) is 0.467. The molecule has 0 aromatic rings. The van der Waals surface area contributed by atoms with Crippen LogP contribution >= 0.6 is 0 Å². The molecule has 4 saturated carbocycles. The van der Waals surface area contributed by atoms with E-state index in [0.29, 0.717) is 19.3 Å². The zero-order chi connectivity index (χ0) is 25.1. The summed E-state index contributed by atoms with van der Waals surface area (Å²) in [6, 6.07) is 0. The van der Waals surface area contributed by atoms with Crippen molar-refractivity contribution in [3.8, 4) is 0 Å². The predicted octanol–water partition coefficient (Wildman–Crippen LogP) is 4.44. The fourth-order valence-corrected chi connectivity index (χ4v) is 10.3. The van der Waals surface area contributed by atoms with Crippen molar-refractivity contribution in [3.63, 3.8) is 0 Å². The van der Waals surface area contributed by atoms with Gasteiger partial charge >= 0.3 is 19.5 Å². The number of ketones is 1. The third-order valence-electron chi connectivity index (χ3n) is 13.0. The molecular weight excluding hydrogens is 490 g/mol. The first-order valence-electron chi connectivity index (χ1n) is 13.7. The summed E-state index contributed by atoms with van der Waals surface area (Å²) in [6.07, 6.45) is 9.14. The number of carboxylic acids is 1. The van der Waals surface area contributed by atoms with Crippen LogP contribution in [0.15, 0.2) is 11.6 Å². The van der Waals surface area contributed by atoms with Gasteiger partial charge in [0.25, 0.3) is 0 Å². The third-order valence-corrected chi connectivity index (χ3v) is 13.0. The Hall–Kier alpha value is -0.537. The number of rotatable bonds is 1. The fourth-order valence-electron chi connectivity index (χ4n) is 10.3. The van der Waals surface area contributed by atoms with E-state index < -0.39 is 17.5 Å². The Bertz CT molecular complexity index is 971. The van der Waals surface area contributed by atoms with Crippen LogP contribution in [0.4, 0.5) is 0 Å². The van der Waals surface area contributed by atoms with Gasteiger partial charge in [-0.2, -0.15) is 0 Å². The van der Waals surface area contributed by atoms with Crippen molar-refractivity contribution in [1.29, 1.82) is 0 Å². The van der Waals surface area contributed by atoms with Gasteiger partial charge in [-0.3, -0.25) is 4.79 Å². The molecule has 5 rings (SSSR count). The molecule has 5 aliphatic carbocycles. The van der Waals surface area contributed by atoms with Gasteiger partial charge in [0.05, 0.1) is 0 Å². The molecule has 35 heavy (non-hydrogen) atoms. The van der Waals surface area contributed by atoms with E-state index in [2.05, 4.69) is 41.5 Å². The monoisotopic (exact) mass is 532 g/mol. The number of allylic oxidation sites excluding steroid dienone is 2. The molecule has 5 aliphatic rings. The molecular formula is C30H44O4Zn. The Kier molecular flexibility index (Phi) is 6.27. The van der Waals surface area contributed by atoms with Crippen LogP contribution in [0, 0.1) is 50.2 Å². The number of carboxylic acid groups (broad SMARTS) is 1. The van der Waals surface area contributed by atoms with Gasteiger partial charge < -0.3 is 15.0 Å². The number of aliphatic carboxylic acids is 1. The van der Waals surface area contributed by atoms with Crippen LogP contribution in [-0.2, 0) is 29.1 Å². The maximum Gasteiger partial charge on any atom is 2.00 e. The van der Waals surface area contributed by atoms with Crippen LogP contribution in [-0.4, -0.2) is 17.9 Å². The minimum Gasteiger partial charge on any atom is -0.852 e. The first-order chi connectivity index (χ1) is 15.6. The summed E-state index contributed by atoms with van der Waals surface area (Å²) in [5, 5.41) is 25.1. The Labute approximate surface area is 224 Å². The summed E-state index contributed by atoms with van der Waals surface area (Å²) in [4.78, 5) is 26.3. The van der Waals surface area contributed by atoms with Gasteiger partial charge in [0.1, 0.15) is 0 Å². The second kappa shape index (κ2) is 7.98. The minimum absolute atomic E-state index is 0. The SMILES string of the molecule is CC1(C)C2CC[C@]3(C)C(C(=O)C=C4[C@@H]5C[C@@](C)(C(=O)[O-])CC[C@]5(C)CC[C@]43C)[C@@]2(C)CC[C@@H]1[O-].[Zn+2]. The van der Waals surface area contributed by atoms with Crippen molar-refractivity contribution in [2.75, 3.05) is 0 Å². The molecule has 0 aliphatic heterocycles. The number of hydrogen-bond acceptors (Lipinski definition) is 4. The van der Waals surface area contributed by atoms with Crippen LogP contribution in [0.2, 0.25) is 0 Å². The van der Waals surface area contributed by atoms with Crippen molar-refractivity contribution in [1.82, 2.24) is 0 Å².